The lowest BCUT2D eigenvalue weighted by atomic mass is 10.1. The second-order valence-electron chi connectivity index (χ2n) is 6.69. The van der Waals surface area contributed by atoms with Gasteiger partial charge in [0.15, 0.2) is 0 Å². The molecule has 7 heteroatoms. The zero-order valence-corrected chi connectivity index (χ0v) is 18.0. The molecule has 3 aromatic rings. The normalized spacial score (nSPS) is 11.3. The first kappa shape index (κ1) is 21.6. The zero-order chi connectivity index (χ0) is 21.6. The molecule has 0 fully saturated rings. The number of benzene rings is 3. The zero-order valence-electron chi connectivity index (χ0n) is 17.2. The Hall–Kier alpha value is -3.06. The van der Waals surface area contributed by atoms with Crippen LogP contribution in [0.15, 0.2) is 66.7 Å². The molecule has 0 saturated heterocycles. The highest BCUT2D eigenvalue weighted by Crippen LogP contribution is 2.25. The molecule has 0 radical (unpaired) electrons. The van der Waals surface area contributed by atoms with Gasteiger partial charge in [0, 0.05) is 17.5 Å². The maximum absolute atomic E-state index is 12.4. The van der Waals surface area contributed by atoms with Gasteiger partial charge in [-0.2, -0.15) is 0 Å². The van der Waals surface area contributed by atoms with Crippen molar-refractivity contribution >= 4 is 32.4 Å². The van der Waals surface area contributed by atoms with Crippen LogP contribution in [0.3, 0.4) is 0 Å². The number of ether oxygens (including phenoxy) is 1. The van der Waals surface area contributed by atoms with E-state index in [1.54, 1.807) is 38.1 Å². The van der Waals surface area contributed by atoms with Crippen LogP contribution in [0, 0.1) is 0 Å². The number of amides is 1. The Morgan fingerprint density at radius 1 is 0.967 bits per heavy atom. The predicted molar refractivity (Wildman–Crippen MR) is 121 cm³/mol. The molecule has 0 bridgehead atoms. The minimum absolute atomic E-state index is 0.0276. The molecule has 3 rings (SSSR count). The van der Waals surface area contributed by atoms with Gasteiger partial charge in [-0.25, -0.2) is 8.42 Å². The number of hydrogen-bond acceptors (Lipinski definition) is 4. The molecule has 1 N–H and O–H groups in total. The van der Waals surface area contributed by atoms with Crippen LogP contribution in [0.25, 0.3) is 10.8 Å². The van der Waals surface area contributed by atoms with Gasteiger partial charge in [-0.3, -0.25) is 9.10 Å². The summed E-state index contributed by atoms with van der Waals surface area (Å²) in [5, 5.41) is 4.96. The minimum Gasteiger partial charge on any atom is -0.491 e. The van der Waals surface area contributed by atoms with Crippen LogP contribution in [0.4, 0.5) is 5.69 Å². The third-order valence-electron chi connectivity index (χ3n) is 4.80. The van der Waals surface area contributed by atoms with E-state index in [0.29, 0.717) is 30.9 Å². The van der Waals surface area contributed by atoms with Crippen LogP contribution in [0.5, 0.6) is 5.75 Å². The number of rotatable bonds is 9. The highest BCUT2D eigenvalue weighted by Gasteiger charge is 2.18. The van der Waals surface area contributed by atoms with Crippen molar-refractivity contribution in [1.29, 1.82) is 0 Å². The van der Waals surface area contributed by atoms with Gasteiger partial charge in [0.1, 0.15) is 12.4 Å². The lowest BCUT2D eigenvalue weighted by Gasteiger charge is -2.22. The second-order valence-corrected chi connectivity index (χ2v) is 8.88. The average molecular weight is 427 g/mol. The first-order chi connectivity index (χ1) is 14.5. The topological polar surface area (TPSA) is 75.7 Å². The fourth-order valence-electron chi connectivity index (χ4n) is 3.22. The number of carbonyl (C=O) groups is 1. The third-order valence-corrected chi connectivity index (χ3v) is 6.67. The van der Waals surface area contributed by atoms with E-state index in [-0.39, 0.29) is 11.7 Å². The number of nitrogens with zero attached hydrogens (tertiary/aromatic N) is 1. The van der Waals surface area contributed by atoms with E-state index < -0.39 is 10.0 Å². The first-order valence-electron chi connectivity index (χ1n) is 9.95. The van der Waals surface area contributed by atoms with Gasteiger partial charge in [0.2, 0.25) is 10.0 Å². The largest absolute Gasteiger partial charge is 0.491 e. The Balaban J connectivity index is 1.56. The Morgan fingerprint density at radius 3 is 2.37 bits per heavy atom. The molecule has 0 heterocycles. The molecule has 0 aliphatic rings. The monoisotopic (exact) mass is 426 g/mol. The van der Waals surface area contributed by atoms with Crippen molar-refractivity contribution in [3.63, 3.8) is 0 Å². The summed E-state index contributed by atoms with van der Waals surface area (Å²) < 4.78 is 31.5. The van der Waals surface area contributed by atoms with E-state index >= 15 is 0 Å². The molecule has 0 aliphatic heterocycles. The molecule has 0 aliphatic carbocycles. The van der Waals surface area contributed by atoms with Crippen LogP contribution in [-0.4, -0.2) is 39.8 Å². The highest BCUT2D eigenvalue weighted by atomic mass is 32.2. The molecule has 0 spiro atoms. The van der Waals surface area contributed by atoms with Gasteiger partial charge < -0.3 is 10.1 Å². The molecule has 3 aromatic carbocycles. The fourth-order valence-corrected chi connectivity index (χ4v) is 4.37. The lowest BCUT2D eigenvalue weighted by molar-refractivity contribution is 0.0947. The molecular formula is C23H26N2O4S. The Kier molecular flexibility index (Phi) is 6.95. The fraction of sp³-hybridized carbons (Fsp3) is 0.261. The maximum Gasteiger partial charge on any atom is 0.251 e. The SMILES string of the molecule is CCN(c1ccc(C(=O)NCCOc2cccc3ccccc23)cc1)S(=O)(=O)CC. The van der Waals surface area contributed by atoms with E-state index in [4.69, 9.17) is 4.74 Å². The quantitative estimate of drug-likeness (QED) is 0.528. The van der Waals surface area contributed by atoms with Crippen LogP contribution in [-0.2, 0) is 10.0 Å². The minimum atomic E-state index is -3.34. The number of carbonyl (C=O) groups excluding carboxylic acids is 1. The van der Waals surface area contributed by atoms with Crippen molar-refractivity contribution in [2.75, 3.05) is 29.8 Å². The molecule has 6 nitrogen and oxygen atoms in total. The van der Waals surface area contributed by atoms with Crippen molar-refractivity contribution in [2.24, 2.45) is 0 Å². The molecule has 0 atom stereocenters. The summed E-state index contributed by atoms with van der Waals surface area (Å²) in [6, 6.07) is 20.4. The maximum atomic E-state index is 12.4. The van der Waals surface area contributed by atoms with Gasteiger partial charge in [-0.15, -0.1) is 0 Å². The molecule has 30 heavy (non-hydrogen) atoms. The number of fused-ring (bicyclic) bond motifs is 1. The highest BCUT2D eigenvalue weighted by molar-refractivity contribution is 7.92. The first-order valence-corrected chi connectivity index (χ1v) is 11.6. The van der Waals surface area contributed by atoms with E-state index in [1.165, 1.54) is 4.31 Å². The molecule has 0 aromatic heterocycles. The van der Waals surface area contributed by atoms with E-state index in [1.807, 2.05) is 42.5 Å². The number of hydrogen-bond donors (Lipinski definition) is 1. The number of nitrogens with one attached hydrogen (secondary N) is 1. The van der Waals surface area contributed by atoms with Gasteiger partial charge in [0.25, 0.3) is 5.91 Å². The summed E-state index contributed by atoms with van der Waals surface area (Å²) in [6.45, 7) is 4.43. The Labute approximate surface area is 177 Å². The predicted octanol–water partition coefficient (Wildman–Crippen LogP) is 3.82. The second kappa shape index (κ2) is 9.63. The Bertz CT molecular complexity index is 1110. The molecule has 0 unspecified atom stereocenters. The summed E-state index contributed by atoms with van der Waals surface area (Å²) in [4.78, 5) is 12.4. The van der Waals surface area contributed by atoms with Crippen LogP contribution < -0.4 is 14.4 Å². The summed E-state index contributed by atoms with van der Waals surface area (Å²) in [5.74, 6) is 0.577. The summed E-state index contributed by atoms with van der Waals surface area (Å²) >= 11 is 0. The smallest absolute Gasteiger partial charge is 0.251 e. The van der Waals surface area contributed by atoms with Gasteiger partial charge in [-0.05, 0) is 49.6 Å². The summed E-state index contributed by atoms with van der Waals surface area (Å²) in [7, 11) is -3.34. The molecule has 1 amide bonds. The van der Waals surface area contributed by atoms with Crippen molar-refractivity contribution in [3.8, 4) is 5.75 Å². The standard InChI is InChI=1S/C23H26N2O4S/c1-3-25(30(27,28)4-2)20-14-12-19(13-15-20)23(26)24-16-17-29-22-11-7-9-18-8-5-6-10-21(18)22/h5-15H,3-4,16-17H2,1-2H3,(H,24,26). The van der Waals surface area contributed by atoms with Crippen molar-refractivity contribution < 1.29 is 17.9 Å². The molecule has 0 saturated carbocycles. The van der Waals surface area contributed by atoms with Crippen LogP contribution in [0.2, 0.25) is 0 Å². The van der Waals surface area contributed by atoms with Crippen LogP contribution >= 0.6 is 0 Å². The van der Waals surface area contributed by atoms with Crippen molar-refractivity contribution in [3.05, 3.63) is 72.3 Å². The third kappa shape index (κ3) is 4.91. The average Bonchev–Trinajstić information content (AvgIpc) is 2.77. The summed E-state index contributed by atoms with van der Waals surface area (Å²) in [5.41, 5.74) is 1.02. The Morgan fingerprint density at radius 2 is 1.67 bits per heavy atom. The van der Waals surface area contributed by atoms with Crippen molar-refractivity contribution in [2.45, 2.75) is 13.8 Å². The lowest BCUT2D eigenvalue weighted by Crippen LogP contribution is -2.32. The number of sulfonamides is 1. The van der Waals surface area contributed by atoms with Gasteiger partial charge in [-0.1, -0.05) is 36.4 Å². The number of anilines is 1. The van der Waals surface area contributed by atoms with E-state index in [0.717, 1.165) is 16.5 Å². The molecule has 158 valence electrons. The van der Waals surface area contributed by atoms with Gasteiger partial charge >= 0.3 is 0 Å². The van der Waals surface area contributed by atoms with E-state index in [2.05, 4.69) is 5.32 Å². The van der Waals surface area contributed by atoms with E-state index in [9.17, 15) is 13.2 Å². The van der Waals surface area contributed by atoms with Gasteiger partial charge in [0.05, 0.1) is 18.0 Å². The van der Waals surface area contributed by atoms with Crippen LogP contribution in [0.1, 0.15) is 24.2 Å². The van der Waals surface area contributed by atoms with Crippen molar-refractivity contribution in [1.82, 2.24) is 5.32 Å². The summed E-state index contributed by atoms with van der Waals surface area (Å²) in [6.07, 6.45) is 0. The molecular weight excluding hydrogens is 400 g/mol.